The van der Waals surface area contributed by atoms with Gasteiger partial charge in [-0.05, 0) is 35.4 Å². The minimum absolute atomic E-state index is 0.0496. The lowest BCUT2D eigenvalue weighted by atomic mass is 10.0. The van der Waals surface area contributed by atoms with Gasteiger partial charge in [-0.3, -0.25) is 0 Å². The standard InChI is InChI=1S/C14H6Br2F6/c15-11-3-1-7(5-9(11)13(17,18)19)8-2-4-12(16)10(6-8)14(20,21)22/h1-6H. The second kappa shape index (κ2) is 5.88. The maximum Gasteiger partial charge on any atom is 0.417 e. The van der Waals surface area contributed by atoms with Crippen LogP contribution in [-0.4, -0.2) is 0 Å². The van der Waals surface area contributed by atoms with Crippen LogP contribution in [0.3, 0.4) is 0 Å². The van der Waals surface area contributed by atoms with E-state index in [1.165, 1.54) is 12.1 Å². The summed E-state index contributed by atoms with van der Waals surface area (Å²) in [5.74, 6) is 0. The molecule has 22 heavy (non-hydrogen) atoms. The molecule has 0 aliphatic carbocycles. The van der Waals surface area contributed by atoms with Crippen LogP contribution in [0, 0.1) is 0 Å². The average molecular weight is 448 g/mol. The zero-order chi connectivity index (χ0) is 16.7. The molecule has 0 nitrogen and oxygen atoms in total. The van der Waals surface area contributed by atoms with E-state index in [0.717, 1.165) is 24.3 Å². The molecule has 0 bridgehead atoms. The second-order valence-corrected chi connectivity index (χ2v) is 6.09. The molecule has 0 aromatic heterocycles. The van der Waals surface area contributed by atoms with Crippen molar-refractivity contribution in [2.24, 2.45) is 0 Å². The van der Waals surface area contributed by atoms with E-state index in [4.69, 9.17) is 0 Å². The Morgan fingerprint density at radius 3 is 1.18 bits per heavy atom. The molecule has 0 radical (unpaired) electrons. The third-order valence-electron chi connectivity index (χ3n) is 2.88. The van der Waals surface area contributed by atoms with Crippen LogP contribution < -0.4 is 0 Å². The minimum atomic E-state index is -4.60. The number of hydrogen-bond acceptors (Lipinski definition) is 0. The van der Waals surface area contributed by atoms with Crippen LogP contribution in [0.1, 0.15) is 11.1 Å². The van der Waals surface area contributed by atoms with Gasteiger partial charge in [-0.25, -0.2) is 0 Å². The topological polar surface area (TPSA) is 0 Å². The summed E-state index contributed by atoms with van der Waals surface area (Å²) in [4.78, 5) is 0. The van der Waals surface area contributed by atoms with Crippen molar-refractivity contribution in [2.45, 2.75) is 12.4 Å². The number of halogens is 8. The van der Waals surface area contributed by atoms with Crippen molar-refractivity contribution in [1.82, 2.24) is 0 Å². The van der Waals surface area contributed by atoms with Gasteiger partial charge in [0.2, 0.25) is 0 Å². The van der Waals surface area contributed by atoms with E-state index in [9.17, 15) is 26.3 Å². The van der Waals surface area contributed by atoms with Crippen molar-refractivity contribution in [3.63, 3.8) is 0 Å². The zero-order valence-corrected chi connectivity index (χ0v) is 13.7. The predicted octanol–water partition coefficient (Wildman–Crippen LogP) is 6.92. The van der Waals surface area contributed by atoms with Gasteiger partial charge in [-0.1, -0.05) is 44.0 Å². The first-order valence-electron chi connectivity index (χ1n) is 5.74. The Balaban J connectivity index is 2.59. The summed E-state index contributed by atoms with van der Waals surface area (Å²) < 4.78 is 76.8. The van der Waals surface area contributed by atoms with E-state index in [1.807, 2.05) is 0 Å². The lowest BCUT2D eigenvalue weighted by molar-refractivity contribution is -0.139. The van der Waals surface area contributed by atoms with E-state index in [1.54, 1.807) is 0 Å². The third kappa shape index (κ3) is 3.65. The van der Waals surface area contributed by atoms with Gasteiger partial charge in [-0.2, -0.15) is 26.3 Å². The highest BCUT2D eigenvalue weighted by atomic mass is 79.9. The van der Waals surface area contributed by atoms with Crippen molar-refractivity contribution in [3.8, 4) is 11.1 Å². The van der Waals surface area contributed by atoms with Gasteiger partial charge < -0.3 is 0 Å². The summed E-state index contributed by atoms with van der Waals surface area (Å²) in [7, 11) is 0. The van der Waals surface area contributed by atoms with Crippen molar-refractivity contribution in [3.05, 3.63) is 56.5 Å². The highest BCUT2D eigenvalue weighted by Crippen LogP contribution is 2.40. The zero-order valence-electron chi connectivity index (χ0n) is 10.5. The molecule has 0 N–H and O–H groups in total. The van der Waals surface area contributed by atoms with Crippen LogP contribution in [0.25, 0.3) is 11.1 Å². The third-order valence-corrected chi connectivity index (χ3v) is 4.26. The molecule has 0 amide bonds. The highest BCUT2D eigenvalue weighted by Gasteiger charge is 2.35. The van der Waals surface area contributed by atoms with Gasteiger partial charge in [-0.15, -0.1) is 0 Å². The van der Waals surface area contributed by atoms with Crippen molar-refractivity contribution in [2.75, 3.05) is 0 Å². The molecule has 0 heterocycles. The first-order valence-corrected chi connectivity index (χ1v) is 7.32. The van der Waals surface area contributed by atoms with Crippen molar-refractivity contribution >= 4 is 31.9 Å². The Bertz CT molecular complexity index is 642. The fraction of sp³-hybridized carbons (Fsp3) is 0.143. The first-order chi connectivity index (χ1) is 10.00. The summed E-state index contributed by atoms with van der Waals surface area (Å²) in [6.07, 6.45) is -9.20. The summed E-state index contributed by atoms with van der Waals surface area (Å²) >= 11 is 5.58. The maximum atomic E-state index is 12.9. The number of rotatable bonds is 1. The van der Waals surface area contributed by atoms with Crippen LogP contribution in [-0.2, 0) is 12.4 Å². The second-order valence-electron chi connectivity index (χ2n) is 4.38. The fourth-order valence-corrected chi connectivity index (χ4v) is 2.79. The van der Waals surface area contributed by atoms with Crippen LogP contribution in [0.15, 0.2) is 45.3 Å². The number of hydrogen-bond donors (Lipinski definition) is 0. The molecule has 0 saturated carbocycles. The van der Waals surface area contributed by atoms with Crippen molar-refractivity contribution < 1.29 is 26.3 Å². The number of alkyl halides is 6. The van der Waals surface area contributed by atoms with Gasteiger partial charge in [0.25, 0.3) is 0 Å². The Kier molecular flexibility index (Phi) is 4.64. The fourth-order valence-electron chi connectivity index (χ4n) is 1.84. The molecular formula is C14H6Br2F6. The summed E-state index contributed by atoms with van der Waals surface area (Å²) in [6, 6.07) is 6.59. The van der Waals surface area contributed by atoms with Gasteiger partial charge in [0.1, 0.15) is 0 Å². The monoisotopic (exact) mass is 446 g/mol. The van der Waals surface area contributed by atoms with Gasteiger partial charge >= 0.3 is 12.4 Å². The Hall–Kier alpha value is -1.02. The molecule has 0 aliphatic heterocycles. The summed E-state index contributed by atoms with van der Waals surface area (Å²) in [6.45, 7) is 0. The van der Waals surface area contributed by atoms with Crippen LogP contribution >= 0.6 is 31.9 Å². The van der Waals surface area contributed by atoms with Crippen molar-refractivity contribution in [1.29, 1.82) is 0 Å². The Morgan fingerprint density at radius 1 is 0.591 bits per heavy atom. The molecule has 0 unspecified atom stereocenters. The molecule has 0 atom stereocenters. The molecule has 2 aromatic rings. The molecule has 0 aliphatic rings. The SMILES string of the molecule is FC(F)(F)c1cc(-c2ccc(Br)c(C(F)(F)F)c2)ccc1Br. The van der Waals surface area contributed by atoms with Crippen LogP contribution in [0.4, 0.5) is 26.3 Å². The number of benzene rings is 2. The van der Waals surface area contributed by atoms with Gasteiger partial charge in [0, 0.05) is 8.95 Å². The molecule has 118 valence electrons. The molecule has 8 heteroatoms. The maximum absolute atomic E-state index is 12.9. The quantitative estimate of drug-likeness (QED) is 0.416. The first kappa shape index (κ1) is 17.3. The molecule has 0 spiro atoms. The highest BCUT2D eigenvalue weighted by molar-refractivity contribution is 9.10. The van der Waals surface area contributed by atoms with E-state index in [-0.39, 0.29) is 20.1 Å². The van der Waals surface area contributed by atoms with E-state index in [0.29, 0.717) is 0 Å². The predicted molar refractivity (Wildman–Crippen MR) is 77.3 cm³/mol. The van der Waals surface area contributed by atoms with E-state index >= 15 is 0 Å². The normalized spacial score (nSPS) is 12.5. The lowest BCUT2D eigenvalue weighted by Gasteiger charge is -2.14. The Labute approximate surface area is 138 Å². The van der Waals surface area contributed by atoms with Crippen LogP contribution in [0.2, 0.25) is 0 Å². The van der Waals surface area contributed by atoms with E-state index in [2.05, 4.69) is 31.9 Å². The van der Waals surface area contributed by atoms with Gasteiger partial charge in [0.15, 0.2) is 0 Å². The smallest absolute Gasteiger partial charge is 0.166 e. The minimum Gasteiger partial charge on any atom is -0.166 e. The molecule has 2 aromatic carbocycles. The summed E-state index contributed by atoms with van der Waals surface area (Å²) in [5, 5.41) is 0. The molecule has 0 saturated heterocycles. The van der Waals surface area contributed by atoms with Gasteiger partial charge in [0.05, 0.1) is 11.1 Å². The Morgan fingerprint density at radius 2 is 0.909 bits per heavy atom. The summed E-state index contributed by atoms with van der Waals surface area (Å²) in [5.41, 5.74) is -1.79. The molecule has 2 rings (SSSR count). The van der Waals surface area contributed by atoms with E-state index < -0.39 is 23.5 Å². The lowest BCUT2D eigenvalue weighted by Crippen LogP contribution is -2.07. The van der Waals surface area contributed by atoms with Crippen LogP contribution in [0.5, 0.6) is 0 Å². The molecular weight excluding hydrogens is 442 g/mol. The average Bonchev–Trinajstić information content (AvgIpc) is 2.37. The largest absolute Gasteiger partial charge is 0.417 e. The molecule has 0 fully saturated rings.